The first-order valence-electron chi connectivity index (χ1n) is 6.81. The van der Waals surface area contributed by atoms with Gasteiger partial charge in [-0.05, 0) is 45.0 Å². The number of ether oxygens (including phenoxy) is 2. The van der Waals surface area contributed by atoms with Crippen LogP contribution in [0.25, 0.3) is 0 Å². The molecule has 0 aliphatic rings. The monoisotopic (exact) mass is 305 g/mol. The molecule has 1 amide bonds. The molecule has 1 N–H and O–H groups in total. The van der Waals surface area contributed by atoms with Gasteiger partial charge in [-0.15, -0.1) is 0 Å². The first-order chi connectivity index (χ1) is 10.4. The summed E-state index contributed by atoms with van der Waals surface area (Å²) in [6.45, 7) is 5.17. The summed E-state index contributed by atoms with van der Waals surface area (Å²) in [5, 5.41) is 2.56. The molecule has 0 radical (unpaired) electrons. The summed E-state index contributed by atoms with van der Waals surface area (Å²) >= 11 is 0. The van der Waals surface area contributed by atoms with Crippen LogP contribution in [0.5, 0.6) is 0 Å². The van der Waals surface area contributed by atoms with Crippen LogP contribution in [-0.2, 0) is 19.1 Å². The van der Waals surface area contributed by atoms with Gasteiger partial charge < -0.3 is 14.8 Å². The fourth-order valence-electron chi connectivity index (χ4n) is 1.52. The summed E-state index contributed by atoms with van der Waals surface area (Å²) in [5.74, 6) is -1.44. The van der Waals surface area contributed by atoms with Crippen molar-refractivity contribution in [2.24, 2.45) is 0 Å². The van der Waals surface area contributed by atoms with Crippen molar-refractivity contribution in [3.8, 4) is 0 Å². The van der Waals surface area contributed by atoms with Gasteiger partial charge in [-0.3, -0.25) is 4.79 Å². The Morgan fingerprint density at radius 3 is 2.27 bits per heavy atom. The van der Waals surface area contributed by atoms with E-state index in [2.05, 4.69) is 5.32 Å². The van der Waals surface area contributed by atoms with Gasteiger partial charge in [0, 0.05) is 11.8 Å². The lowest BCUT2D eigenvalue weighted by Crippen LogP contribution is -2.20. The molecule has 0 aliphatic carbocycles. The molecule has 0 spiro atoms. The summed E-state index contributed by atoms with van der Waals surface area (Å²) in [5.41, 5.74) is 1.69. The Bertz CT molecular complexity index is 571. The number of hydrogen-bond acceptors (Lipinski definition) is 5. The summed E-state index contributed by atoms with van der Waals surface area (Å²) in [6, 6.07) is 6.23. The average molecular weight is 305 g/mol. The van der Waals surface area contributed by atoms with Gasteiger partial charge in [0.05, 0.1) is 12.2 Å². The Labute approximate surface area is 129 Å². The summed E-state index contributed by atoms with van der Waals surface area (Å²) in [6.07, 6.45) is 1.31. The van der Waals surface area contributed by atoms with Gasteiger partial charge in [0.25, 0.3) is 5.91 Å². The molecule has 0 bridgehead atoms. The molecule has 0 aliphatic heterocycles. The number of rotatable bonds is 6. The van der Waals surface area contributed by atoms with Gasteiger partial charge in [-0.2, -0.15) is 0 Å². The maximum absolute atomic E-state index is 11.6. The Morgan fingerprint density at radius 1 is 1.09 bits per heavy atom. The van der Waals surface area contributed by atoms with E-state index in [0.717, 1.165) is 5.57 Å². The summed E-state index contributed by atoms with van der Waals surface area (Å²) < 4.78 is 9.64. The number of hydrogen-bond donors (Lipinski definition) is 1. The van der Waals surface area contributed by atoms with Crippen molar-refractivity contribution < 1.29 is 23.9 Å². The molecule has 0 atom stereocenters. The molecule has 0 unspecified atom stereocenters. The lowest BCUT2D eigenvalue weighted by atomic mass is 10.2. The van der Waals surface area contributed by atoms with Gasteiger partial charge in [-0.25, -0.2) is 9.59 Å². The van der Waals surface area contributed by atoms with Crippen molar-refractivity contribution in [2.45, 2.75) is 20.8 Å². The Hall–Kier alpha value is -2.63. The van der Waals surface area contributed by atoms with Crippen LogP contribution in [0.1, 0.15) is 31.1 Å². The van der Waals surface area contributed by atoms with Gasteiger partial charge in [0.2, 0.25) is 0 Å². The van der Waals surface area contributed by atoms with E-state index >= 15 is 0 Å². The molecule has 0 fully saturated rings. The van der Waals surface area contributed by atoms with E-state index in [1.165, 1.54) is 6.08 Å². The maximum Gasteiger partial charge on any atom is 0.338 e. The predicted octanol–water partition coefficient (Wildman–Crippen LogP) is 2.31. The van der Waals surface area contributed by atoms with Crippen LogP contribution in [-0.4, -0.2) is 31.1 Å². The quantitative estimate of drug-likeness (QED) is 0.644. The van der Waals surface area contributed by atoms with E-state index in [0.29, 0.717) is 17.9 Å². The van der Waals surface area contributed by atoms with Gasteiger partial charge >= 0.3 is 11.9 Å². The fraction of sp³-hybridized carbons (Fsp3) is 0.312. The van der Waals surface area contributed by atoms with E-state index in [4.69, 9.17) is 9.47 Å². The molecule has 0 saturated heterocycles. The van der Waals surface area contributed by atoms with E-state index < -0.39 is 17.8 Å². The second-order valence-corrected chi connectivity index (χ2v) is 4.68. The zero-order valence-electron chi connectivity index (χ0n) is 12.8. The van der Waals surface area contributed by atoms with Crippen LogP contribution >= 0.6 is 0 Å². The van der Waals surface area contributed by atoms with E-state index in [9.17, 15) is 14.4 Å². The number of nitrogens with one attached hydrogen (secondary N) is 1. The predicted molar refractivity (Wildman–Crippen MR) is 81.4 cm³/mol. The highest BCUT2D eigenvalue weighted by atomic mass is 16.5. The number of esters is 2. The first kappa shape index (κ1) is 17.4. The van der Waals surface area contributed by atoms with Crippen LogP contribution in [0.15, 0.2) is 35.9 Å². The number of allylic oxidation sites excluding steroid dienone is 1. The van der Waals surface area contributed by atoms with Crippen molar-refractivity contribution >= 4 is 23.5 Å². The average Bonchev–Trinajstić information content (AvgIpc) is 2.45. The Kier molecular flexibility index (Phi) is 6.82. The lowest BCUT2D eigenvalue weighted by Gasteiger charge is -2.06. The molecular formula is C16H19NO5. The largest absolute Gasteiger partial charge is 0.462 e. The smallest absolute Gasteiger partial charge is 0.338 e. The first-order valence-corrected chi connectivity index (χ1v) is 6.81. The second-order valence-electron chi connectivity index (χ2n) is 4.68. The summed E-state index contributed by atoms with van der Waals surface area (Å²) in [7, 11) is 0. The number of benzene rings is 1. The lowest BCUT2D eigenvalue weighted by molar-refractivity contribution is -0.142. The molecule has 6 nitrogen and oxygen atoms in total. The highest BCUT2D eigenvalue weighted by Gasteiger charge is 2.08. The highest BCUT2D eigenvalue weighted by Crippen LogP contribution is 2.10. The number of carbonyl (C=O) groups is 3. The Balaban J connectivity index is 2.50. The Morgan fingerprint density at radius 2 is 1.73 bits per heavy atom. The molecule has 0 aromatic heterocycles. The maximum atomic E-state index is 11.6. The third-order valence-electron chi connectivity index (χ3n) is 2.43. The van der Waals surface area contributed by atoms with Crippen molar-refractivity contribution in [3.63, 3.8) is 0 Å². The molecule has 0 heterocycles. The zero-order valence-corrected chi connectivity index (χ0v) is 12.8. The molecule has 1 rings (SSSR count). The highest BCUT2D eigenvalue weighted by molar-refractivity contribution is 5.95. The van der Waals surface area contributed by atoms with Crippen LogP contribution < -0.4 is 5.32 Å². The molecular weight excluding hydrogens is 286 g/mol. The third-order valence-corrected chi connectivity index (χ3v) is 2.43. The topological polar surface area (TPSA) is 81.7 Å². The van der Waals surface area contributed by atoms with Crippen LogP contribution in [0.3, 0.4) is 0 Å². The van der Waals surface area contributed by atoms with Crippen molar-refractivity contribution in [1.82, 2.24) is 0 Å². The number of amides is 1. The second kappa shape index (κ2) is 8.61. The third kappa shape index (κ3) is 6.21. The van der Waals surface area contributed by atoms with Gasteiger partial charge in [0.1, 0.15) is 0 Å². The summed E-state index contributed by atoms with van der Waals surface area (Å²) in [4.78, 5) is 34.4. The molecule has 118 valence electrons. The number of anilines is 1. The standard InChI is InChI=1S/C16H19NO5/c1-4-21-16(20)12-5-7-13(8-6-12)17-14(18)10-22-15(19)9-11(2)3/h5-9H,4,10H2,1-3H3,(H,17,18). The minimum atomic E-state index is -0.562. The minimum absolute atomic E-state index is 0.300. The van der Waals surface area contributed by atoms with Crippen LogP contribution in [0, 0.1) is 0 Å². The zero-order chi connectivity index (χ0) is 16.5. The molecule has 1 aromatic rings. The van der Waals surface area contributed by atoms with Crippen LogP contribution in [0.4, 0.5) is 5.69 Å². The van der Waals surface area contributed by atoms with Crippen molar-refractivity contribution in [1.29, 1.82) is 0 Å². The van der Waals surface area contributed by atoms with Gasteiger partial charge in [0.15, 0.2) is 6.61 Å². The number of carbonyl (C=O) groups excluding carboxylic acids is 3. The molecule has 0 saturated carbocycles. The normalized spacial score (nSPS) is 9.59. The van der Waals surface area contributed by atoms with Crippen molar-refractivity contribution in [3.05, 3.63) is 41.5 Å². The van der Waals surface area contributed by atoms with Gasteiger partial charge in [-0.1, -0.05) is 5.57 Å². The minimum Gasteiger partial charge on any atom is -0.462 e. The molecule has 1 aromatic carbocycles. The van der Waals surface area contributed by atoms with Crippen LogP contribution in [0.2, 0.25) is 0 Å². The molecule has 6 heteroatoms. The van der Waals surface area contributed by atoms with E-state index in [-0.39, 0.29) is 6.61 Å². The van der Waals surface area contributed by atoms with E-state index in [1.807, 2.05) is 0 Å². The van der Waals surface area contributed by atoms with Crippen molar-refractivity contribution in [2.75, 3.05) is 18.5 Å². The molecule has 22 heavy (non-hydrogen) atoms. The SMILES string of the molecule is CCOC(=O)c1ccc(NC(=O)COC(=O)C=C(C)C)cc1. The fourth-order valence-corrected chi connectivity index (χ4v) is 1.52. The van der Waals surface area contributed by atoms with E-state index in [1.54, 1.807) is 45.0 Å².